The van der Waals surface area contributed by atoms with Gasteiger partial charge in [0.15, 0.2) is 11.6 Å². The zero-order valence-corrected chi connectivity index (χ0v) is 7.11. The summed E-state index contributed by atoms with van der Waals surface area (Å²) in [5.74, 6) is -0.637. The Morgan fingerprint density at radius 3 is 1.75 bits per heavy atom. The summed E-state index contributed by atoms with van der Waals surface area (Å²) in [4.78, 5) is 20.2. The Bertz CT molecular complexity index is 98.6. The van der Waals surface area contributed by atoms with Gasteiger partial charge in [-0.3, -0.25) is 9.59 Å². The fourth-order valence-corrected chi connectivity index (χ4v) is 0.249. The van der Waals surface area contributed by atoms with Gasteiger partial charge in [-0.25, -0.2) is 0 Å². The van der Waals surface area contributed by atoms with E-state index < -0.39 is 0 Å². The normalized spacial score (nSPS) is 7.25. The molecular formula is C5H8O2Pt. The van der Waals surface area contributed by atoms with Gasteiger partial charge in [-0.05, 0) is 0 Å². The third-order valence-electron chi connectivity index (χ3n) is 0.714. The first-order valence-corrected chi connectivity index (χ1v) is 2.22. The minimum Gasteiger partial charge on any atom is -0.291 e. The van der Waals surface area contributed by atoms with E-state index in [2.05, 4.69) is 0 Å². The Morgan fingerprint density at radius 1 is 1.38 bits per heavy atom. The van der Waals surface area contributed by atoms with Gasteiger partial charge >= 0.3 is 0 Å². The minimum absolute atomic E-state index is 0. The summed E-state index contributed by atoms with van der Waals surface area (Å²) in [6.07, 6.45) is 0.329. The molecule has 0 rings (SSSR count). The van der Waals surface area contributed by atoms with Crippen molar-refractivity contribution in [3.05, 3.63) is 0 Å². The van der Waals surface area contributed by atoms with E-state index in [-0.39, 0.29) is 32.6 Å². The summed E-state index contributed by atoms with van der Waals surface area (Å²) in [5, 5.41) is 0. The summed E-state index contributed by atoms with van der Waals surface area (Å²) in [6, 6.07) is 0. The second-order valence-corrected chi connectivity index (χ2v) is 1.33. The average Bonchev–Trinajstić information content (AvgIpc) is 1.65. The van der Waals surface area contributed by atoms with Crippen LogP contribution in [0.3, 0.4) is 0 Å². The summed E-state index contributed by atoms with van der Waals surface area (Å²) < 4.78 is 0. The SMILES string of the molecule is CCC(=O)C(C)=O.[Pt]. The molecule has 8 heavy (non-hydrogen) atoms. The smallest absolute Gasteiger partial charge is 0.197 e. The molecule has 0 atom stereocenters. The van der Waals surface area contributed by atoms with E-state index in [1.54, 1.807) is 6.92 Å². The molecule has 0 heterocycles. The molecule has 0 spiro atoms. The van der Waals surface area contributed by atoms with Gasteiger partial charge < -0.3 is 0 Å². The zero-order chi connectivity index (χ0) is 5.86. The van der Waals surface area contributed by atoms with E-state index in [9.17, 15) is 9.59 Å². The van der Waals surface area contributed by atoms with Crippen molar-refractivity contribution < 1.29 is 30.7 Å². The largest absolute Gasteiger partial charge is 0.291 e. The maximum atomic E-state index is 10.2. The van der Waals surface area contributed by atoms with Crippen molar-refractivity contribution in [3.63, 3.8) is 0 Å². The maximum Gasteiger partial charge on any atom is 0.197 e. The van der Waals surface area contributed by atoms with E-state index in [0.717, 1.165) is 0 Å². The standard InChI is InChI=1S/C5H8O2.Pt/c1-3-5(7)4(2)6;/h3H2,1-2H3;. The van der Waals surface area contributed by atoms with Crippen molar-refractivity contribution >= 4 is 11.6 Å². The first-order valence-electron chi connectivity index (χ1n) is 2.22. The molecule has 2 nitrogen and oxygen atoms in total. The fourth-order valence-electron chi connectivity index (χ4n) is 0.249. The molecule has 0 aliphatic heterocycles. The van der Waals surface area contributed by atoms with Gasteiger partial charge in [0.1, 0.15) is 0 Å². The first-order chi connectivity index (χ1) is 3.18. The number of rotatable bonds is 2. The predicted molar refractivity (Wildman–Crippen MR) is 26.0 cm³/mol. The van der Waals surface area contributed by atoms with Crippen molar-refractivity contribution in [1.29, 1.82) is 0 Å². The third kappa shape index (κ3) is 4.19. The Morgan fingerprint density at radius 2 is 1.75 bits per heavy atom. The van der Waals surface area contributed by atoms with Crippen LogP contribution in [0.15, 0.2) is 0 Å². The van der Waals surface area contributed by atoms with Crippen LogP contribution in [-0.4, -0.2) is 11.6 Å². The van der Waals surface area contributed by atoms with Crippen LogP contribution in [-0.2, 0) is 30.7 Å². The van der Waals surface area contributed by atoms with E-state index in [0.29, 0.717) is 6.42 Å². The number of hydrogen-bond donors (Lipinski definition) is 0. The molecule has 0 aromatic rings. The third-order valence-corrected chi connectivity index (χ3v) is 0.714. The fraction of sp³-hybridized carbons (Fsp3) is 0.600. The molecule has 0 amide bonds. The van der Waals surface area contributed by atoms with Crippen LogP contribution in [0.2, 0.25) is 0 Å². The van der Waals surface area contributed by atoms with Gasteiger partial charge in [-0.15, -0.1) is 0 Å². The van der Waals surface area contributed by atoms with Gasteiger partial charge in [0.05, 0.1) is 0 Å². The van der Waals surface area contributed by atoms with Crippen molar-refractivity contribution in [2.45, 2.75) is 20.3 Å². The molecular weight excluding hydrogens is 287 g/mol. The van der Waals surface area contributed by atoms with Crippen LogP contribution in [0.4, 0.5) is 0 Å². The molecule has 3 heteroatoms. The molecule has 0 aromatic heterocycles. The zero-order valence-electron chi connectivity index (χ0n) is 4.84. The van der Waals surface area contributed by atoms with Crippen molar-refractivity contribution in [1.82, 2.24) is 0 Å². The van der Waals surface area contributed by atoms with E-state index in [1.807, 2.05) is 0 Å². The first kappa shape index (κ1) is 10.9. The Balaban J connectivity index is 0. The quantitative estimate of drug-likeness (QED) is 0.697. The molecule has 0 bridgehead atoms. The van der Waals surface area contributed by atoms with Crippen LogP contribution < -0.4 is 0 Å². The molecule has 0 saturated carbocycles. The molecule has 0 unspecified atom stereocenters. The second-order valence-electron chi connectivity index (χ2n) is 1.33. The van der Waals surface area contributed by atoms with Gasteiger partial charge in [-0.2, -0.15) is 0 Å². The molecule has 0 saturated heterocycles. The molecule has 0 aliphatic rings. The summed E-state index contributed by atoms with van der Waals surface area (Å²) in [5.41, 5.74) is 0. The molecule has 0 aliphatic carbocycles. The second kappa shape index (κ2) is 5.17. The summed E-state index contributed by atoms with van der Waals surface area (Å²) in [6.45, 7) is 2.95. The van der Waals surface area contributed by atoms with Crippen LogP contribution in [0.25, 0.3) is 0 Å². The van der Waals surface area contributed by atoms with Crippen LogP contribution >= 0.6 is 0 Å². The number of Topliss-reactive ketones (excluding diaryl/α,β-unsaturated/α-hetero) is 2. The monoisotopic (exact) mass is 295 g/mol. The van der Waals surface area contributed by atoms with E-state index >= 15 is 0 Å². The van der Waals surface area contributed by atoms with Crippen LogP contribution in [0.5, 0.6) is 0 Å². The number of carbonyl (C=O) groups excluding carboxylic acids is 2. The Hall–Kier alpha value is 0.0283. The van der Waals surface area contributed by atoms with Gasteiger partial charge in [0.25, 0.3) is 0 Å². The Kier molecular flexibility index (Phi) is 7.05. The van der Waals surface area contributed by atoms with Gasteiger partial charge in [0.2, 0.25) is 0 Å². The van der Waals surface area contributed by atoms with Crippen molar-refractivity contribution in [2.24, 2.45) is 0 Å². The van der Waals surface area contributed by atoms with E-state index in [1.165, 1.54) is 6.92 Å². The Labute approximate surface area is 62.9 Å². The predicted octanol–water partition coefficient (Wildman–Crippen LogP) is 0.552. The average molecular weight is 295 g/mol. The number of carbonyl (C=O) groups is 2. The maximum absolute atomic E-state index is 10.2. The van der Waals surface area contributed by atoms with Crippen LogP contribution in [0.1, 0.15) is 20.3 Å². The van der Waals surface area contributed by atoms with Crippen molar-refractivity contribution in [3.8, 4) is 0 Å². The number of ketones is 2. The van der Waals surface area contributed by atoms with Crippen molar-refractivity contribution in [2.75, 3.05) is 0 Å². The minimum atomic E-state index is -0.345. The van der Waals surface area contributed by atoms with E-state index in [4.69, 9.17) is 0 Å². The topological polar surface area (TPSA) is 34.1 Å². The molecule has 0 fully saturated rings. The van der Waals surface area contributed by atoms with Crippen LogP contribution in [0, 0.1) is 0 Å². The number of hydrogen-bond acceptors (Lipinski definition) is 2. The van der Waals surface area contributed by atoms with Gasteiger partial charge in [0, 0.05) is 34.4 Å². The summed E-state index contributed by atoms with van der Waals surface area (Å²) in [7, 11) is 0. The molecule has 0 N–H and O–H groups in total. The molecule has 50 valence electrons. The molecule has 0 aromatic carbocycles. The van der Waals surface area contributed by atoms with Gasteiger partial charge in [-0.1, -0.05) is 6.92 Å². The molecule has 0 radical (unpaired) electrons. The summed E-state index contributed by atoms with van der Waals surface area (Å²) >= 11 is 0.